The Balaban J connectivity index is 1.70. The topological polar surface area (TPSA) is 138 Å². The molecule has 156 valence electrons. The van der Waals surface area contributed by atoms with Crippen LogP contribution in [-0.4, -0.2) is 82.2 Å². The lowest BCUT2D eigenvalue weighted by molar-refractivity contribution is -0.127. The van der Waals surface area contributed by atoms with Gasteiger partial charge in [-0.25, -0.2) is 9.79 Å². The lowest BCUT2D eigenvalue weighted by Crippen LogP contribution is -2.64. The molecule has 1 aromatic carbocycles. The average Bonchev–Trinajstić information content (AvgIpc) is 3.03. The van der Waals surface area contributed by atoms with E-state index in [1.165, 1.54) is 11.9 Å². The minimum absolute atomic E-state index is 0.00873. The number of likely N-dealkylation sites (N-methyl/N-ethyl adjacent to an activating group) is 1. The predicted octanol–water partition coefficient (Wildman–Crippen LogP) is -0.154. The zero-order chi connectivity index (χ0) is 21.1. The van der Waals surface area contributed by atoms with E-state index in [1.54, 1.807) is 29.2 Å². The number of carbonyl (C=O) groups excluding carboxylic acids is 3. The summed E-state index contributed by atoms with van der Waals surface area (Å²) in [4.78, 5) is 42.7. The molecular formula is C17H20ClN5O5S. The third kappa shape index (κ3) is 4.92. The fourth-order valence-electron chi connectivity index (χ4n) is 2.95. The number of carbonyl (C=O) groups is 3. The number of nitrogens with zero attached hydrogens (tertiary/aromatic N) is 3. The van der Waals surface area contributed by atoms with Gasteiger partial charge < -0.3 is 25.4 Å². The maximum atomic E-state index is 12.4. The van der Waals surface area contributed by atoms with Crippen molar-refractivity contribution in [1.82, 2.24) is 15.1 Å². The van der Waals surface area contributed by atoms with E-state index in [1.807, 2.05) is 0 Å². The molecule has 3 rings (SSSR count). The van der Waals surface area contributed by atoms with E-state index in [2.05, 4.69) is 10.3 Å². The molecule has 0 spiro atoms. The smallest absolute Gasteiger partial charge is 0.325 e. The fraction of sp³-hybridized carbons (Fsp3) is 0.412. The van der Waals surface area contributed by atoms with Crippen molar-refractivity contribution in [1.29, 1.82) is 0 Å². The van der Waals surface area contributed by atoms with Gasteiger partial charge in [-0.05, 0) is 24.3 Å². The Morgan fingerprint density at radius 3 is 2.76 bits per heavy atom. The number of ether oxygens (including phenoxy) is 1. The van der Waals surface area contributed by atoms with Crippen LogP contribution in [0, 0.1) is 0 Å². The van der Waals surface area contributed by atoms with E-state index in [4.69, 9.17) is 22.1 Å². The van der Waals surface area contributed by atoms with Gasteiger partial charge in [-0.1, -0.05) is 23.4 Å². The summed E-state index contributed by atoms with van der Waals surface area (Å²) in [5.41, 5.74) is 5.21. The number of nitrogens with two attached hydrogens (primary N) is 1. The van der Waals surface area contributed by atoms with Gasteiger partial charge in [-0.3, -0.25) is 14.9 Å². The van der Waals surface area contributed by atoms with Crippen molar-refractivity contribution in [2.45, 2.75) is 18.3 Å². The second kappa shape index (κ2) is 8.89. The number of hydrogen-bond acceptors (Lipinski definition) is 8. The number of halogens is 1. The Kier molecular flexibility index (Phi) is 6.50. The number of aliphatic imine (C=N–C) groups is 1. The molecule has 0 radical (unpaired) electrons. The molecule has 12 heteroatoms. The standard InChI is InChI=1S/C17H20ClN5O5S/c1-22-14-13(15(26)21-16(22)27)23(17(20-14)29-8-12(19)25)6-10(24)7-28-11-4-2-9(18)3-5-11/h2-5,10,13-14,24H,6-8H2,1H3,(H2,19,25)(H,21,26,27). The molecule has 0 aliphatic carbocycles. The normalized spacial score (nSPS) is 22.1. The summed E-state index contributed by atoms with van der Waals surface area (Å²) in [6.45, 7) is -0.0333. The van der Waals surface area contributed by atoms with Crippen LogP contribution in [-0.2, 0) is 9.59 Å². The summed E-state index contributed by atoms with van der Waals surface area (Å²) in [5, 5.41) is 13.6. The number of primary amides is 1. The van der Waals surface area contributed by atoms with Crippen LogP contribution in [0.15, 0.2) is 29.3 Å². The number of hydrogen-bond donors (Lipinski definition) is 3. The van der Waals surface area contributed by atoms with Crippen LogP contribution in [0.4, 0.5) is 4.79 Å². The van der Waals surface area contributed by atoms with Crippen LogP contribution in [0.2, 0.25) is 5.02 Å². The lowest BCUT2D eigenvalue weighted by Gasteiger charge is -2.36. The van der Waals surface area contributed by atoms with E-state index in [9.17, 15) is 19.5 Å². The van der Waals surface area contributed by atoms with Crippen LogP contribution in [0.25, 0.3) is 0 Å². The molecule has 2 heterocycles. The van der Waals surface area contributed by atoms with Gasteiger partial charge in [0.25, 0.3) is 5.91 Å². The molecule has 1 saturated heterocycles. The Morgan fingerprint density at radius 1 is 1.41 bits per heavy atom. The summed E-state index contributed by atoms with van der Waals surface area (Å²) in [6, 6.07) is 5.29. The summed E-state index contributed by atoms with van der Waals surface area (Å²) in [5.74, 6) is -0.591. The average molecular weight is 442 g/mol. The zero-order valence-electron chi connectivity index (χ0n) is 15.4. The van der Waals surface area contributed by atoms with Crippen molar-refractivity contribution >= 4 is 46.4 Å². The van der Waals surface area contributed by atoms with E-state index < -0.39 is 36.2 Å². The van der Waals surface area contributed by atoms with Crippen molar-refractivity contribution in [2.75, 3.05) is 26.0 Å². The van der Waals surface area contributed by atoms with Crippen LogP contribution in [0.5, 0.6) is 5.75 Å². The number of imide groups is 1. The number of thioether (sulfide) groups is 1. The molecular weight excluding hydrogens is 422 g/mol. The number of aliphatic hydroxyl groups excluding tert-OH is 1. The van der Waals surface area contributed by atoms with Crippen molar-refractivity contribution < 1.29 is 24.2 Å². The molecule has 1 aromatic rings. The Morgan fingerprint density at radius 2 is 2.10 bits per heavy atom. The van der Waals surface area contributed by atoms with E-state index in [0.29, 0.717) is 15.9 Å². The number of amides is 4. The van der Waals surface area contributed by atoms with Gasteiger partial charge in [0.1, 0.15) is 18.5 Å². The molecule has 4 amide bonds. The first kappa shape index (κ1) is 21.2. The fourth-order valence-corrected chi connectivity index (χ4v) is 3.89. The van der Waals surface area contributed by atoms with E-state index >= 15 is 0 Å². The number of nitrogens with one attached hydrogen (secondary N) is 1. The Bertz CT molecular complexity index is 836. The predicted molar refractivity (Wildman–Crippen MR) is 108 cm³/mol. The molecule has 29 heavy (non-hydrogen) atoms. The quantitative estimate of drug-likeness (QED) is 0.534. The van der Waals surface area contributed by atoms with Crippen LogP contribution < -0.4 is 15.8 Å². The van der Waals surface area contributed by atoms with Gasteiger partial charge in [0, 0.05) is 12.1 Å². The van der Waals surface area contributed by atoms with Gasteiger partial charge in [-0.2, -0.15) is 0 Å². The molecule has 0 aromatic heterocycles. The first-order valence-electron chi connectivity index (χ1n) is 8.66. The number of rotatable bonds is 7. The second-order valence-corrected chi connectivity index (χ2v) is 7.88. The number of urea groups is 1. The van der Waals surface area contributed by atoms with E-state index in [0.717, 1.165) is 11.8 Å². The first-order chi connectivity index (χ1) is 13.8. The molecule has 10 nitrogen and oxygen atoms in total. The highest BCUT2D eigenvalue weighted by molar-refractivity contribution is 8.14. The van der Waals surface area contributed by atoms with Crippen molar-refractivity contribution in [2.24, 2.45) is 10.7 Å². The van der Waals surface area contributed by atoms with Crippen LogP contribution in [0.1, 0.15) is 0 Å². The highest BCUT2D eigenvalue weighted by Gasteiger charge is 2.49. The molecule has 2 aliphatic rings. The minimum Gasteiger partial charge on any atom is -0.491 e. The van der Waals surface area contributed by atoms with Crippen molar-refractivity contribution in [3.05, 3.63) is 29.3 Å². The summed E-state index contributed by atoms with van der Waals surface area (Å²) >= 11 is 6.88. The third-order valence-corrected chi connectivity index (χ3v) is 5.61. The van der Waals surface area contributed by atoms with Crippen molar-refractivity contribution in [3.8, 4) is 5.75 Å². The minimum atomic E-state index is -0.973. The number of fused-ring (bicyclic) bond motifs is 1. The Labute approximate surface area is 176 Å². The summed E-state index contributed by atoms with van der Waals surface area (Å²) in [7, 11) is 1.52. The summed E-state index contributed by atoms with van der Waals surface area (Å²) in [6.07, 6.45) is -1.73. The largest absolute Gasteiger partial charge is 0.491 e. The molecule has 2 aliphatic heterocycles. The second-order valence-electron chi connectivity index (χ2n) is 6.50. The number of aliphatic hydroxyl groups is 1. The molecule has 3 unspecified atom stereocenters. The maximum absolute atomic E-state index is 12.4. The molecule has 0 saturated carbocycles. The van der Waals surface area contributed by atoms with Crippen LogP contribution in [0.3, 0.4) is 0 Å². The van der Waals surface area contributed by atoms with Gasteiger partial charge >= 0.3 is 6.03 Å². The SMILES string of the molecule is CN1C(=O)NC(=O)C2C1N=C(SCC(N)=O)N2CC(O)COc1ccc(Cl)cc1. The van der Waals surface area contributed by atoms with Crippen molar-refractivity contribution in [3.63, 3.8) is 0 Å². The molecule has 4 N–H and O–H groups in total. The third-order valence-electron chi connectivity index (χ3n) is 4.33. The van der Waals surface area contributed by atoms with Gasteiger partial charge in [0.2, 0.25) is 5.91 Å². The monoisotopic (exact) mass is 441 g/mol. The number of amidine groups is 1. The highest BCUT2D eigenvalue weighted by atomic mass is 35.5. The van der Waals surface area contributed by atoms with Gasteiger partial charge in [0.05, 0.1) is 12.3 Å². The molecule has 0 bridgehead atoms. The maximum Gasteiger partial charge on any atom is 0.325 e. The highest BCUT2D eigenvalue weighted by Crippen LogP contribution is 2.28. The first-order valence-corrected chi connectivity index (χ1v) is 10.0. The van der Waals surface area contributed by atoms with Gasteiger partial charge in [0.15, 0.2) is 17.4 Å². The Hall–Kier alpha value is -2.50. The van der Waals surface area contributed by atoms with Crippen LogP contribution >= 0.6 is 23.4 Å². The van der Waals surface area contributed by atoms with E-state index in [-0.39, 0.29) is 18.9 Å². The molecule has 3 atom stereocenters. The lowest BCUT2D eigenvalue weighted by atomic mass is 10.1. The number of β-amino-alcohol motifs (C(OH)–C–C–N with tert-alkyl or cyclic N) is 1. The summed E-state index contributed by atoms with van der Waals surface area (Å²) < 4.78 is 5.55. The molecule has 1 fully saturated rings. The number of benzene rings is 1. The zero-order valence-corrected chi connectivity index (χ0v) is 17.0. The van der Waals surface area contributed by atoms with Gasteiger partial charge in [-0.15, -0.1) is 0 Å².